The summed E-state index contributed by atoms with van der Waals surface area (Å²) in [7, 11) is 0. The number of aliphatic carboxylic acids is 1. The lowest BCUT2D eigenvalue weighted by Gasteiger charge is -2.27. The molecule has 1 aliphatic heterocycles. The summed E-state index contributed by atoms with van der Waals surface area (Å²) in [5, 5.41) is 12.6. The van der Waals surface area contributed by atoms with Crippen molar-refractivity contribution in [1.82, 2.24) is 10.2 Å². The highest BCUT2D eigenvalue weighted by Gasteiger charge is 2.25. The maximum Gasteiger partial charge on any atom is 0.306 e. The molecule has 1 aromatic rings. The second-order valence-corrected chi connectivity index (χ2v) is 7.63. The topological polar surface area (TPSA) is 61.8 Å². The van der Waals surface area contributed by atoms with Gasteiger partial charge in [0.05, 0.1) is 5.92 Å². The lowest BCUT2D eigenvalue weighted by atomic mass is 9.86. The van der Waals surface area contributed by atoms with E-state index in [2.05, 4.69) is 34.5 Å². The van der Waals surface area contributed by atoms with Crippen molar-refractivity contribution in [2.75, 3.05) is 32.8 Å². The molecule has 1 saturated carbocycles. The lowest BCUT2D eigenvalue weighted by Crippen LogP contribution is -2.36. The molecule has 26 heavy (non-hydrogen) atoms. The Balaban J connectivity index is 1.30. The van der Waals surface area contributed by atoms with E-state index in [4.69, 9.17) is 9.84 Å². The summed E-state index contributed by atoms with van der Waals surface area (Å²) in [4.78, 5) is 13.4. The van der Waals surface area contributed by atoms with Crippen LogP contribution in [0.1, 0.15) is 44.1 Å². The highest BCUT2D eigenvalue weighted by Crippen LogP contribution is 2.24. The molecule has 0 radical (unpaired) electrons. The molecule has 5 nitrogen and oxygen atoms in total. The molecule has 0 aromatic heterocycles. The first-order chi connectivity index (χ1) is 12.7. The van der Waals surface area contributed by atoms with Crippen molar-refractivity contribution in [3.63, 3.8) is 0 Å². The minimum Gasteiger partial charge on any atom is -0.492 e. The third-order valence-corrected chi connectivity index (χ3v) is 5.72. The molecular formula is C21H32N2O3. The van der Waals surface area contributed by atoms with Crippen LogP contribution in [0.5, 0.6) is 5.75 Å². The number of carboxylic acid groups (broad SMARTS) is 1. The smallest absolute Gasteiger partial charge is 0.306 e. The zero-order valence-corrected chi connectivity index (χ0v) is 15.7. The maximum absolute atomic E-state index is 11.0. The van der Waals surface area contributed by atoms with Crippen molar-refractivity contribution in [3.05, 3.63) is 29.8 Å². The van der Waals surface area contributed by atoms with Gasteiger partial charge in [-0.25, -0.2) is 0 Å². The molecule has 0 bridgehead atoms. The number of carbonyl (C=O) groups is 1. The van der Waals surface area contributed by atoms with Gasteiger partial charge in [-0.2, -0.15) is 0 Å². The second-order valence-electron chi connectivity index (χ2n) is 7.63. The fourth-order valence-corrected chi connectivity index (χ4v) is 4.02. The maximum atomic E-state index is 11.0. The Kier molecular flexibility index (Phi) is 7.32. The van der Waals surface area contributed by atoms with Gasteiger partial charge in [0.25, 0.3) is 0 Å². The zero-order valence-electron chi connectivity index (χ0n) is 15.7. The molecule has 0 amide bonds. The van der Waals surface area contributed by atoms with E-state index in [1.807, 2.05) is 0 Å². The van der Waals surface area contributed by atoms with E-state index < -0.39 is 5.97 Å². The molecule has 5 heteroatoms. The van der Waals surface area contributed by atoms with Crippen LogP contribution in [0.15, 0.2) is 24.3 Å². The van der Waals surface area contributed by atoms with Gasteiger partial charge in [-0.3, -0.25) is 9.69 Å². The highest BCUT2D eigenvalue weighted by atomic mass is 16.5. The van der Waals surface area contributed by atoms with Gasteiger partial charge in [0.1, 0.15) is 12.4 Å². The van der Waals surface area contributed by atoms with E-state index in [1.54, 1.807) is 0 Å². The first-order valence-electron chi connectivity index (χ1n) is 10.1. The van der Waals surface area contributed by atoms with E-state index in [-0.39, 0.29) is 5.92 Å². The average Bonchev–Trinajstić information content (AvgIpc) is 3.17. The Labute approximate surface area is 156 Å². The third kappa shape index (κ3) is 5.99. The van der Waals surface area contributed by atoms with E-state index in [1.165, 1.54) is 31.5 Å². The Hall–Kier alpha value is -1.59. The number of likely N-dealkylation sites (tertiary alicyclic amines) is 1. The number of hydrogen-bond donors (Lipinski definition) is 2. The number of hydrogen-bond acceptors (Lipinski definition) is 4. The molecule has 1 aliphatic carbocycles. The number of ether oxygens (including phenoxy) is 1. The van der Waals surface area contributed by atoms with Gasteiger partial charge in [0.2, 0.25) is 0 Å². The van der Waals surface area contributed by atoms with Crippen LogP contribution in [0.3, 0.4) is 0 Å². The second kappa shape index (κ2) is 9.93. The van der Waals surface area contributed by atoms with Crippen LogP contribution in [-0.4, -0.2) is 54.8 Å². The molecule has 0 unspecified atom stereocenters. The van der Waals surface area contributed by atoms with Gasteiger partial charge in [0, 0.05) is 12.6 Å². The number of nitrogens with one attached hydrogen (secondary N) is 1. The van der Waals surface area contributed by atoms with Crippen LogP contribution in [0.25, 0.3) is 0 Å². The summed E-state index contributed by atoms with van der Waals surface area (Å²) < 4.78 is 5.85. The molecule has 0 atom stereocenters. The summed E-state index contributed by atoms with van der Waals surface area (Å²) in [5.41, 5.74) is 1.31. The molecule has 3 rings (SSSR count). The number of benzene rings is 1. The van der Waals surface area contributed by atoms with E-state index >= 15 is 0 Å². The van der Waals surface area contributed by atoms with Crippen LogP contribution < -0.4 is 10.1 Å². The fourth-order valence-electron chi connectivity index (χ4n) is 4.02. The van der Waals surface area contributed by atoms with Crippen LogP contribution >= 0.6 is 0 Å². The van der Waals surface area contributed by atoms with Gasteiger partial charge in [0.15, 0.2) is 0 Å². The molecular weight excluding hydrogens is 328 g/mol. The zero-order chi connectivity index (χ0) is 18.2. The number of nitrogens with zero attached hydrogens (tertiary/aromatic N) is 1. The van der Waals surface area contributed by atoms with E-state index in [9.17, 15) is 4.79 Å². The molecule has 2 aliphatic rings. The summed E-state index contributed by atoms with van der Waals surface area (Å²) in [6.45, 7) is 5.16. The predicted octanol–water partition coefficient (Wildman–Crippen LogP) is 2.94. The summed E-state index contributed by atoms with van der Waals surface area (Å²) in [6, 6.07) is 8.90. The highest BCUT2D eigenvalue weighted by molar-refractivity contribution is 5.70. The number of carboxylic acids is 1. The minimum absolute atomic E-state index is 0.133. The van der Waals surface area contributed by atoms with Gasteiger partial charge < -0.3 is 15.2 Å². The fraction of sp³-hybridized carbons (Fsp3) is 0.667. The van der Waals surface area contributed by atoms with Crippen LogP contribution in [0, 0.1) is 5.92 Å². The Bertz CT molecular complexity index is 547. The van der Waals surface area contributed by atoms with Gasteiger partial charge in [-0.05, 0) is 82.3 Å². The Morgan fingerprint density at radius 3 is 2.46 bits per heavy atom. The first-order valence-corrected chi connectivity index (χ1v) is 10.1. The van der Waals surface area contributed by atoms with E-state index in [0.29, 0.717) is 6.04 Å². The molecule has 144 valence electrons. The summed E-state index contributed by atoms with van der Waals surface area (Å²) >= 11 is 0. The molecule has 2 fully saturated rings. The molecule has 2 N–H and O–H groups in total. The van der Waals surface area contributed by atoms with Crippen LogP contribution in [0.4, 0.5) is 0 Å². The SMILES string of the molecule is O=C(O)C1CCC(NCCc2ccc(OCCN3CCCC3)cc2)CC1. The molecule has 1 heterocycles. The van der Waals surface area contributed by atoms with Crippen molar-refractivity contribution < 1.29 is 14.6 Å². The number of rotatable bonds is 9. The van der Waals surface area contributed by atoms with Crippen molar-refractivity contribution >= 4 is 5.97 Å². The standard InChI is InChI=1S/C21H32N2O3/c24-21(25)18-5-7-19(8-6-18)22-12-11-17-3-9-20(10-4-17)26-16-15-23-13-1-2-14-23/h3-4,9-10,18-19,22H,1-2,5-8,11-16H2,(H,24,25). The molecule has 1 aromatic carbocycles. The lowest BCUT2D eigenvalue weighted by molar-refractivity contribution is -0.142. The monoisotopic (exact) mass is 360 g/mol. The largest absolute Gasteiger partial charge is 0.492 e. The Morgan fingerprint density at radius 1 is 1.12 bits per heavy atom. The minimum atomic E-state index is -0.633. The van der Waals surface area contributed by atoms with Crippen molar-refractivity contribution in [2.45, 2.75) is 51.0 Å². The molecule has 1 saturated heterocycles. The van der Waals surface area contributed by atoms with Crippen LogP contribution in [-0.2, 0) is 11.2 Å². The summed E-state index contributed by atoms with van der Waals surface area (Å²) in [6.07, 6.45) is 7.19. The van der Waals surface area contributed by atoms with E-state index in [0.717, 1.165) is 57.6 Å². The first kappa shape index (κ1) is 19.2. The van der Waals surface area contributed by atoms with Gasteiger partial charge in [-0.15, -0.1) is 0 Å². The average molecular weight is 360 g/mol. The van der Waals surface area contributed by atoms with Gasteiger partial charge >= 0.3 is 5.97 Å². The predicted molar refractivity (Wildman–Crippen MR) is 103 cm³/mol. The normalized spacial score (nSPS) is 23.8. The van der Waals surface area contributed by atoms with Crippen molar-refractivity contribution in [1.29, 1.82) is 0 Å². The third-order valence-electron chi connectivity index (χ3n) is 5.72. The Morgan fingerprint density at radius 2 is 1.81 bits per heavy atom. The van der Waals surface area contributed by atoms with Crippen molar-refractivity contribution in [2.24, 2.45) is 5.92 Å². The van der Waals surface area contributed by atoms with Crippen LogP contribution in [0.2, 0.25) is 0 Å². The van der Waals surface area contributed by atoms with Crippen molar-refractivity contribution in [3.8, 4) is 5.75 Å². The quantitative estimate of drug-likeness (QED) is 0.709. The molecule has 0 spiro atoms. The summed E-state index contributed by atoms with van der Waals surface area (Å²) in [5.74, 6) is 0.185. The van der Waals surface area contributed by atoms with Gasteiger partial charge in [-0.1, -0.05) is 12.1 Å².